The molecule has 0 bridgehead atoms. The van der Waals surface area contributed by atoms with Crippen LogP contribution in [-0.4, -0.2) is 34.2 Å². The number of nitrogens with zero attached hydrogens (tertiary/aromatic N) is 2. The average molecular weight is 337 g/mol. The predicted octanol–water partition coefficient (Wildman–Crippen LogP) is 2.83. The molecule has 6 nitrogen and oxygen atoms in total. The van der Waals surface area contributed by atoms with Crippen LogP contribution in [0, 0.1) is 0 Å². The molecule has 1 aliphatic rings. The average Bonchev–Trinajstić information content (AvgIpc) is 2.85. The number of fused-ring (bicyclic) bond motifs is 1. The number of anilines is 1. The van der Waals surface area contributed by atoms with E-state index in [1.54, 1.807) is 12.1 Å². The Labute approximate surface area is 145 Å². The summed E-state index contributed by atoms with van der Waals surface area (Å²) in [6, 6.07) is 10.8. The molecule has 0 unspecified atom stereocenters. The smallest absolute Gasteiger partial charge is 0.280 e. The molecule has 1 aromatic heterocycles. The van der Waals surface area contributed by atoms with Crippen LogP contribution in [0.3, 0.4) is 0 Å². The van der Waals surface area contributed by atoms with Crippen molar-refractivity contribution in [3.05, 3.63) is 59.4 Å². The van der Waals surface area contributed by atoms with Crippen molar-refractivity contribution in [3.8, 4) is 0 Å². The van der Waals surface area contributed by atoms with Crippen molar-refractivity contribution >= 4 is 23.4 Å². The van der Waals surface area contributed by atoms with E-state index >= 15 is 0 Å². The van der Waals surface area contributed by atoms with E-state index in [0.29, 0.717) is 0 Å². The highest BCUT2D eigenvalue weighted by atomic mass is 16.2. The zero-order valence-corrected chi connectivity index (χ0v) is 14.2. The molecule has 2 heterocycles. The first-order valence-electron chi connectivity index (χ1n) is 8.19. The van der Waals surface area contributed by atoms with Gasteiger partial charge in [-0.3, -0.25) is 24.3 Å². The molecule has 6 heteroatoms. The Hall–Kier alpha value is -3.02. The van der Waals surface area contributed by atoms with Gasteiger partial charge in [0.25, 0.3) is 11.8 Å². The number of benzene rings is 1. The first kappa shape index (κ1) is 16.8. The molecule has 3 rings (SSSR count). The number of carbonyl (C=O) groups excluding carboxylic acids is 3. The van der Waals surface area contributed by atoms with Gasteiger partial charge in [0.1, 0.15) is 5.69 Å². The summed E-state index contributed by atoms with van der Waals surface area (Å²) < 4.78 is 0. The summed E-state index contributed by atoms with van der Waals surface area (Å²) in [5, 5.41) is 2.86. The SMILES string of the molecule is CC(C)c1ccccc1NC(=O)CCN1C(=O)c2cccnc2C1=O. The number of aromatic nitrogens is 1. The fraction of sp³-hybridized carbons (Fsp3) is 0.263. The molecule has 0 saturated carbocycles. The van der Waals surface area contributed by atoms with Gasteiger partial charge in [-0.1, -0.05) is 32.0 Å². The van der Waals surface area contributed by atoms with E-state index in [0.717, 1.165) is 16.2 Å². The van der Waals surface area contributed by atoms with Crippen molar-refractivity contribution in [2.75, 3.05) is 11.9 Å². The van der Waals surface area contributed by atoms with Crippen LogP contribution in [0.5, 0.6) is 0 Å². The van der Waals surface area contributed by atoms with Crippen LogP contribution in [0.4, 0.5) is 5.69 Å². The third-order valence-corrected chi connectivity index (χ3v) is 4.15. The van der Waals surface area contributed by atoms with Crippen LogP contribution >= 0.6 is 0 Å². The van der Waals surface area contributed by atoms with Gasteiger partial charge in [-0.15, -0.1) is 0 Å². The van der Waals surface area contributed by atoms with Crippen LogP contribution in [0.15, 0.2) is 42.6 Å². The van der Waals surface area contributed by atoms with E-state index < -0.39 is 11.8 Å². The standard InChI is InChI=1S/C19H19N3O3/c1-12(2)13-6-3-4-8-15(13)21-16(23)9-11-22-18(24)14-7-5-10-20-17(14)19(22)25/h3-8,10,12H,9,11H2,1-2H3,(H,21,23). The van der Waals surface area contributed by atoms with E-state index in [2.05, 4.69) is 24.1 Å². The Kier molecular flexibility index (Phi) is 4.61. The molecule has 0 radical (unpaired) electrons. The second kappa shape index (κ2) is 6.84. The molecule has 1 N–H and O–H groups in total. The number of hydrogen-bond donors (Lipinski definition) is 1. The quantitative estimate of drug-likeness (QED) is 0.851. The molecule has 3 amide bonds. The molecule has 0 atom stereocenters. The maximum absolute atomic E-state index is 12.3. The van der Waals surface area contributed by atoms with Gasteiger partial charge >= 0.3 is 0 Å². The molecular formula is C19H19N3O3. The Morgan fingerprint density at radius 2 is 1.88 bits per heavy atom. The summed E-state index contributed by atoms with van der Waals surface area (Å²) in [7, 11) is 0. The molecule has 2 aromatic rings. The van der Waals surface area contributed by atoms with Crippen molar-refractivity contribution in [1.82, 2.24) is 9.88 Å². The minimum absolute atomic E-state index is 0.0315. The lowest BCUT2D eigenvalue weighted by Crippen LogP contribution is -2.33. The summed E-state index contributed by atoms with van der Waals surface area (Å²) in [4.78, 5) is 41.8. The number of para-hydroxylation sites is 1. The second-order valence-corrected chi connectivity index (χ2v) is 6.20. The highest BCUT2D eigenvalue weighted by molar-refractivity contribution is 6.20. The van der Waals surface area contributed by atoms with Crippen LogP contribution in [-0.2, 0) is 4.79 Å². The van der Waals surface area contributed by atoms with Gasteiger partial charge in [0.15, 0.2) is 0 Å². The van der Waals surface area contributed by atoms with Crippen molar-refractivity contribution < 1.29 is 14.4 Å². The van der Waals surface area contributed by atoms with Gasteiger partial charge < -0.3 is 5.32 Å². The van der Waals surface area contributed by atoms with E-state index in [1.807, 2.05) is 24.3 Å². The second-order valence-electron chi connectivity index (χ2n) is 6.20. The van der Waals surface area contributed by atoms with Crippen molar-refractivity contribution in [2.45, 2.75) is 26.2 Å². The molecule has 25 heavy (non-hydrogen) atoms. The van der Waals surface area contributed by atoms with Gasteiger partial charge in [-0.05, 0) is 29.7 Å². The first-order valence-corrected chi connectivity index (χ1v) is 8.19. The van der Waals surface area contributed by atoms with Gasteiger partial charge in [0, 0.05) is 24.8 Å². The lowest BCUT2D eigenvalue weighted by Gasteiger charge is -2.15. The fourth-order valence-electron chi connectivity index (χ4n) is 2.86. The van der Waals surface area contributed by atoms with Gasteiger partial charge in [0.05, 0.1) is 5.56 Å². The summed E-state index contributed by atoms with van der Waals surface area (Å²) in [6.07, 6.45) is 1.51. The number of pyridine rings is 1. The normalized spacial score (nSPS) is 13.3. The highest BCUT2D eigenvalue weighted by Gasteiger charge is 2.36. The minimum Gasteiger partial charge on any atom is -0.326 e. The topological polar surface area (TPSA) is 79.4 Å². The molecule has 0 fully saturated rings. The Bertz CT molecular complexity index is 810. The summed E-state index contributed by atoms with van der Waals surface area (Å²) in [5.41, 5.74) is 2.24. The summed E-state index contributed by atoms with van der Waals surface area (Å²) >= 11 is 0. The molecule has 1 aliphatic heterocycles. The van der Waals surface area contributed by atoms with Crippen molar-refractivity contribution in [1.29, 1.82) is 0 Å². The van der Waals surface area contributed by atoms with E-state index in [9.17, 15) is 14.4 Å². The maximum Gasteiger partial charge on any atom is 0.280 e. The molecule has 0 aliphatic carbocycles. The maximum atomic E-state index is 12.3. The molecule has 1 aromatic carbocycles. The first-order chi connectivity index (χ1) is 12.0. The summed E-state index contributed by atoms with van der Waals surface area (Å²) in [6.45, 7) is 4.14. The lowest BCUT2D eigenvalue weighted by atomic mass is 10.0. The minimum atomic E-state index is -0.448. The molecule has 128 valence electrons. The number of hydrogen-bond acceptors (Lipinski definition) is 4. The van der Waals surface area contributed by atoms with Crippen LogP contribution in [0.25, 0.3) is 0 Å². The molecular weight excluding hydrogens is 318 g/mol. The Morgan fingerprint density at radius 3 is 2.60 bits per heavy atom. The van der Waals surface area contributed by atoms with Gasteiger partial charge in [-0.25, -0.2) is 0 Å². The zero-order chi connectivity index (χ0) is 18.0. The number of amides is 3. The molecule has 0 spiro atoms. The van der Waals surface area contributed by atoms with Crippen molar-refractivity contribution in [2.24, 2.45) is 0 Å². The number of rotatable bonds is 5. The van der Waals surface area contributed by atoms with E-state index in [-0.39, 0.29) is 36.0 Å². The third kappa shape index (κ3) is 3.28. The lowest BCUT2D eigenvalue weighted by molar-refractivity contribution is -0.116. The number of nitrogens with one attached hydrogen (secondary N) is 1. The number of imide groups is 1. The van der Waals surface area contributed by atoms with E-state index in [4.69, 9.17) is 0 Å². The zero-order valence-electron chi connectivity index (χ0n) is 14.2. The van der Waals surface area contributed by atoms with Crippen LogP contribution in [0.1, 0.15) is 52.6 Å². The number of carbonyl (C=O) groups is 3. The Morgan fingerprint density at radius 1 is 1.12 bits per heavy atom. The van der Waals surface area contributed by atoms with Gasteiger partial charge in [-0.2, -0.15) is 0 Å². The molecule has 0 saturated heterocycles. The van der Waals surface area contributed by atoms with Crippen molar-refractivity contribution in [3.63, 3.8) is 0 Å². The Balaban J connectivity index is 1.64. The van der Waals surface area contributed by atoms with Gasteiger partial charge in [0.2, 0.25) is 5.91 Å². The monoisotopic (exact) mass is 337 g/mol. The summed E-state index contributed by atoms with van der Waals surface area (Å²) in [5.74, 6) is -0.809. The van der Waals surface area contributed by atoms with E-state index in [1.165, 1.54) is 6.20 Å². The predicted molar refractivity (Wildman–Crippen MR) is 93.4 cm³/mol. The third-order valence-electron chi connectivity index (χ3n) is 4.15. The highest BCUT2D eigenvalue weighted by Crippen LogP contribution is 2.24. The largest absolute Gasteiger partial charge is 0.326 e. The van der Waals surface area contributed by atoms with Crippen LogP contribution in [0.2, 0.25) is 0 Å². The fourth-order valence-corrected chi connectivity index (χ4v) is 2.86. The van der Waals surface area contributed by atoms with Crippen LogP contribution < -0.4 is 5.32 Å².